The van der Waals surface area contributed by atoms with Crippen LogP contribution in [0, 0.1) is 5.41 Å². The van der Waals surface area contributed by atoms with Crippen LogP contribution < -0.4 is 5.32 Å². The van der Waals surface area contributed by atoms with E-state index in [9.17, 15) is 9.59 Å². The first-order chi connectivity index (χ1) is 15.5. The van der Waals surface area contributed by atoms with E-state index in [1.54, 1.807) is 4.90 Å². The van der Waals surface area contributed by atoms with Gasteiger partial charge in [0.15, 0.2) is 0 Å². The van der Waals surface area contributed by atoms with Crippen molar-refractivity contribution in [3.05, 3.63) is 72.8 Å². The predicted molar refractivity (Wildman–Crippen MR) is 123 cm³/mol. The molecule has 1 aliphatic rings. The Hall–Kier alpha value is -3.48. The number of carbonyl (C=O) groups is 2. The van der Waals surface area contributed by atoms with Gasteiger partial charge in [-0.2, -0.15) is 5.10 Å². The molecule has 1 saturated heterocycles. The molecule has 4 rings (SSSR count). The highest BCUT2D eigenvalue weighted by molar-refractivity contribution is 5.86. The van der Waals surface area contributed by atoms with Crippen molar-refractivity contribution in [2.24, 2.45) is 5.41 Å². The Balaban J connectivity index is 1.61. The van der Waals surface area contributed by atoms with Crippen LogP contribution >= 0.6 is 0 Å². The average molecular weight is 432 g/mol. The van der Waals surface area contributed by atoms with E-state index in [1.807, 2.05) is 44.2 Å². The highest BCUT2D eigenvalue weighted by Gasteiger charge is 2.46. The van der Waals surface area contributed by atoms with E-state index in [4.69, 9.17) is 0 Å². The van der Waals surface area contributed by atoms with E-state index < -0.39 is 5.41 Å². The van der Waals surface area contributed by atoms with Crippen LogP contribution in [0.2, 0.25) is 0 Å². The monoisotopic (exact) mass is 431 g/mol. The number of aromatic nitrogens is 3. The SMILES string of the molecule is CC(C)NC(=O)[C@]1(Cc2ccccc2-c2ccccc2)CCN(C(=O)Cn2cncn2)C1. The molecule has 7 heteroatoms. The van der Waals surface area contributed by atoms with Crippen molar-refractivity contribution >= 4 is 11.8 Å². The summed E-state index contributed by atoms with van der Waals surface area (Å²) in [4.78, 5) is 32.0. The first kappa shape index (κ1) is 21.7. The van der Waals surface area contributed by atoms with Gasteiger partial charge in [0, 0.05) is 19.1 Å². The van der Waals surface area contributed by atoms with Crippen LogP contribution in [0.15, 0.2) is 67.3 Å². The Morgan fingerprint density at radius 3 is 2.56 bits per heavy atom. The first-order valence-corrected chi connectivity index (χ1v) is 11.0. The standard InChI is InChI=1S/C25H29N5O2/c1-19(2)28-24(32)25(12-13-29(16-25)23(31)15-30-18-26-17-27-30)14-21-10-6-7-11-22(21)20-8-4-3-5-9-20/h3-11,17-19H,12-16H2,1-2H3,(H,28,32)/t25-/m0/s1. The molecule has 1 fully saturated rings. The van der Waals surface area contributed by atoms with Gasteiger partial charge in [-0.15, -0.1) is 0 Å². The summed E-state index contributed by atoms with van der Waals surface area (Å²) in [5, 5.41) is 7.14. The number of hydrogen-bond donors (Lipinski definition) is 1. The Morgan fingerprint density at radius 1 is 1.09 bits per heavy atom. The minimum atomic E-state index is -0.673. The lowest BCUT2D eigenvalue weighted by molar-refractivity contribution is -0.134. The summed E-state index contributed by atoms with van der Waals surface area (Å²) >= 11 is 0. The van der Waals surface area contributed by atoms with Crippen molar-refractivity contribution in [2.75, 3.05) is 13.1 Å². The molecule has 7 nitrogen and oxygen atoms in total. The second-order valence-electron chi connectivity index (χ2n) is 8.77. The number of hydrogen-bond acceptors (Lipinski definition) is 4. The third kappa shape index (κ3) is 4.72. The maximum atomic E-state index is 13.4. The van der Waals surface area contributed by atoms with Gasteiger partial charge in [-0.05, 0) is 43.4 Å². The first-order valence-electron chi connectivity index (χ1n) is 11.0. The normalized spacial score (nSPS) is 18.2. The summed E-state index contributed by atoms with van der Waals surface area (Å²) in [5.74, 6) is -0.0440. The zero-order valence-corrected chi connectivity index (χ0v) is 18.6. The molecule has 1 aliphatic heterocycles. The van der Waals surface area contributed by atoms with Crippen LogP contribution in [-0.4, -0.2) is 50.6 Å². The van der Waals surface area contributed by atoms with E-state index in [0.29, 0.717) is 25.9 Å². The molecule has 0 saturated carbocycles. The molecule has 1 atom stereocenters. The average Bonchev–Trinajstić information content (AvgIpc) is 3.45. The Bertz CT molecular complexity index is 1060. The van der Waals surface area contributed by atoms with Crippen molar-refractivity contribution in [1.29, 1.82) is 0 Å². The largest absolute Gasteiger partial charge is 0.353 e. The number of carbonyl (C=O) groups excluding carboxylic acids is 2. The van der Waals surface area contributed by atoms with Crippen LogP contribution in [0.4, 0.5) is 0 Å². The fourth-order valence-corrected chi connectivity index (χ4v) is 4.40. The molecule has 2 heterocycles. The van der Waals surface area contributed by atoms with Gasteiger partial charge < -0.3 is 10.2 Å². The number of likely N-dealkylation sites (tertiary alicyclic amines) is 1. The fourth-order valence-electron chi connectivity index (χ4n) is 4.40. The molecular weight excluding hydrogens is 402 g/mol. The van der Waals surface area contributed by atoms with Crippen molar-refractivity contribution in [3.63, 3.8) is 0 Å². The van der Waals surface area contributed by atoms with E-state index in [-0.39, 0.29) is 24.4 Å². The number of nitrogens with one attached hydrogen (secondary N) is 1. The van der Waals surface area contributed by atoms with Gasteiger partial charge in [0.1, 0.15) is 19.2 Å². The minimum Gasteiger partial charge on any atom is -0.353 e. The van der Waals surface area contributed by atoms with Crippen molar-refractivity contribution in [1.82, 2.24) is 25.0 Å². The van der Waals surface area contributed by atoms with E-state index in [1.165, 1.54) is 17.3 Å². The molecule has 2 aromatic carbocycles. The van der Waals surface area contributed by atoms with Crippen LogP contribution in [0.25, 0.3) is 11.1 Å². The third-order valence-electron chi connectivity index (χ3n) is 6.00. The van der Waals surface area contributed by atoms with E-state index in [0.717, 1.165) is 16.7 Å². The molecular formula is C25H29N5O2. The number of benzene rings is 2. The van der Waals surface area contributed by atoms with Crippen LogP contribution in [0.3, 0.4) is 0 Å². The Kier molecular flexibility index (Phi) is 6.35. The van der Waals surface area contributed by atoms with Crippen LogP contribution in [0.5, 0.6) is 0 Å². The number of rotatable bonds is 7. The maximum Gasteiger partial charge on any atom is 0.244 e. The predicted octanol–water partition coefficient (Wildman–Crippen LogP) is 2.93. The highest BCUT2D eigenvalue weighted by atomic mass is 16.2. The van der Waals surface area contributed by atoms with E-state index >= 15 is 0 Å². The van der Waals surface area contributed by atoms with Gasteiger partial charge >= 0.3 is 0 Å². The number of amides is 2. The molecule has 1 N–H and O–H groups in total. The molecule has 3 aromatic rings. The summed E-state index contributed by atoms with van der Waals surface area (Å²) < 4.78 is 1.52. The summed E-state index contributed by atoms with van der Waals surface area (Å²) in [5.41, 5.74) is 2.69. The Labute approximate surface area is 188 Å². The quantitative estimate of drug-likeness (QED) is 0.624. The lowest BCUT2D eigenvalue weighted by Crippen LogP contribution is -2.47. The van der Waals surface area contributed by atoms with Gasteiger partial charge in [-0.1, -0.05) is 54.6 Å². The molecule has 166 valence electrons. The van der Waals surface area contributed by atoms with Crippen molar-refractivity contribution < 1.29 is 9.59 Å². The van der Waals surface area contributed by atoms with Crippen LogP contribution in [0.1, 0.15) is 25.8 Å². The summed E-state index contributed by atoms with van der Waals surface area (Å²) in [6, 6.07) is 18.5. The summed E-state index contributed by atoms with van der Waals surface area (Å²) in [6.07, 6.45) is 4.14. The lowest BCUT2D eigenvalue weighted by atomic mass is 9.78. The third-order valence-corrected chi connectivity index (χ3v) is 6.00. The highest BCUT2D eigenvalue weighted by Crippen LogP contribution is 2.37. The molecule has 0 spiro atoms. The molecule has 0 radical (unpaired) electrons. The molecule has 32 heavy (non-hydrogen) atoms. The zero-order valence-electron chi connectivity index (χ0n) is 18.6. The molecule has 0 aliphatic carbocycles. The van der Waals surface area contributed by atoms with Gasteiger partial charge in [0.05, 0.1) is 5.41 Å². The Morgan fingerprint density at radius 2 is 1.84 bits per heavy atom. The van der Waals surface area contributed by atoms with Crippen molar-refractivity contribution in [2.45, 2.75) is 39.3 Å². The maximum absolute atomic E-state index is 13.4. The van der Waals surface area contributed by atoms with E-state index in [2.05, 4.69) is 39.7 Å². The summed E-state index contributed by atoms with van der Waals surface area (Å²) in [6.45, 7) is 5.00. The van der Waals surface area contributed by atoms with Crippen molar-refractivity contribution in [3.8, 4) is 11.1 Å². The second-order valence-corrected chi connectivity index (χ2v) is 8.77. The minimum absolute atomic E-state index is 0.00594. The second kappa shape index (κ2) is 9.34. The fraction of sp³-hybridized carbons (Fsp3) is 0.360. The van der Waals surface area contributed by atoms with Gasteiger partial charge in [-0.3, -0.25) is 9.59 Å². The van der Waals surface area contributed by atoms with Gasteiger partial charge in [-0.25, -0.2) is 9.67 Å². The van der Waals surface area contributed by atoms with Crippen LogP contribution in [-0.2, 0) is 22.6 Å². The topological polar surface area (TPSA) is 80.1 Å². The lowest BCUT2D eigenvalue weighted by Gasteiger charge is -2.30. The zero-order chi connectivity index (χ0) is 22.6. The molecule has 0 bridgehead atoms. The molecule has 2 amide bonds. The molecule has 0 unspecified atom stereocenters. The number of nitrogens with zero attached hydrogens (tertiary/aromatic N) is 4. The smallest absolute Gasteiger partial charge is 0.244 e. The van der Waals surface area contributed by atoms with Gasteiger partial charge in [0.25, 0.3) is 0 Å². The summed E-state index contributed by atoms with van der Waals surface area (Å²) in [7, 11) is 0. The van der Waals surface area contributed by atoms with Gasteiger partial charge in [0.2, 0.25) is 11.8 Å². The molecule has 1 aromatic heterocycles.